The van der Waals surface area contributed by atoms with Gasteiger partial charge in [-0.3, -0.25) is 9.63 Å². The van der Waals surface area contributed by atoms with E-state index in [1.165, 1.54) is 0 Å². The van der Waals surface area contributed by atoms with Crippen LogP contribution in [0.4, 0.5) is 0 Å². The van der Waals surface area contributed by atoms with Crippen molar-refractivity contribution >= 4 is 17.5 Å². The summed E-state index contributed by atoms with van der Waals surface area (Å²) >= 11 is 5.48. The molecule has 1 amide bonds. The zero-order valence-corrected chi connectivity index (χ0v) is 8.73. The molecule has 0 saturated heterocycles. The van der Waals surface area contributed by atoms with E-state index in [1.807, 2.05) is 20.8 Å². The van der Waals surface area contributed by atoms with Crippen LogP contribution in [0.3, 0.4) is 0 Å². The number of halogens is 1. The summed E-state index contributed by atoms with van der Waals surface area (Å²) in [7, 11) is 0. The van der Waals surface area contributed by atoms with Crippen LogP contribution in [0, 0.1) is 5.92 Å². The predicted octanol–water partition coefficient (Wildman–Crippen LogP) is 1.71. The summed E-state index contributed by atoms with van der Waals surface area (Å²) in [5, 5.41) is 0. The summed E-state index contributed by atoms with van der Waals surface area (Å²) < 4.78 is 0. The SMILES string of the molecule is CC(CCl)C(=O)NOC(C)(C)C. The van der Waals surface area contributed by atoms with Crippen LogP contribution in [0.25, 0.3) is 0 Å². The lowest BCUT2D eigenvalue weighted by atomic mass is 10.2. The van der Waals surface area contributed by atoms with Crippen molar-refractivity contribution in [3.8, 4) is 0 Å². The Kier molecular flexibility index (Phi) is 4.57. The lowest BCUT2D eigenvalue weighted by molar-refractivity contribution is -0.148. The minimum Gasteiger partial charge on any atom is -0.272 e. The number of carbonyl (C=O) groups excluding carboxylic acids is 1. The Morgan fingerprint density at radius 1 is 1.58 bits per heavy atom. The summed E-state index contributed by atoms with van der Waals surface area (Å²) in [6, 6.07) is 0. The van der Waals surface area contributed by atoms with E-state index in [0.29, 0.717) is 5.88 Å². The second-order valence-electron chi connectivity index (χ2n) is 3.74. The van der Waals surface area contributed by atoms with Gasteiger partial charge in [0.25, 0.3) is 0 Å². The smallest absolute Gasteiger partial charge is 0.247 e. The minimum atomic E-state index is -0.359. The number of alkyl halides is 1. The van der Waals surface area contributed by atoms with Crippen LogP contribution in [0.5, 0.6) is 0 Å². The third kappa shape index (κ3) is 5.38. The first-order chi connectivity index (χ1) is 5.37. The maximum atomic E-state index is 11.1. The molecular formula is C8H16ClNO2. The molecule has 1 atom stereocenters. The summed E-state index contributed by atoms with van der Waals surface area (Å²) in [5.41, 5.74) is 1.99. The van der Waals surface area contributed by atoms with Crippen LogP contribution in [0.15, 0.2) is 0 Å². The van der Waals surface area contributed by atoms with E-state index < -0.39 is 0 Å². The monoisotopic (exact) mass is 193 g/mol. The zero-order valence-electron chi connectivity index (χ0n) is 7.98. The summed E-state index contributed by atoms with van der Waals surface area (Å²) in [4.78, 5) is 16.2. The molecule has 0 aliphatic rings. The van der Waals surface area contributed by atoms with Gasteiger partial charge in [0, 0.05) is 5.88 Å². The van der Waals surface area contributed by atoms with Crippen LogP contribution in [-0.2, 0) is 9.63 Å². The standard InChI is InChI=1S/C8H16ClNO2/c1-6(5-9)7(11)10-12-8(2,3)4/h6H,5H2,1-4H3,(H,10,11). The Balaban J connectivity index is 3.72. The van der Waals surface area contributed by atoms with Gasteiger partial charge in [0.15, 0.2) is 0 Å². The molecule has 72 valence electrons. The van der Waals surface area contributed by atoms with E-state index in [-0.39, 0.29) is 17.4 Å². The van der Waals surface area contributed by atoms with E-state index in [1.54, 1.807) is 6.92 Å². The molecular weight excluding hydrogens is 178 g/mol. The second kappa shape index (κ2) is 4.67. The van der Waals surface area contributed by atoms with Crippen molar-refractivity contribution < 1.29 is 9.63 Å². The molecule has 0 spiro atoms. The van der Waals surface area contributed by atoms with Crippen LogP contribution in [-0.4, -0.2) is 17.4 Å². The molecule has 0 saturated carbocycles. The normalized spacial score (nSPS) is 14.1. The molecule has 1 N–H and O–H groups in total. The molecule has 0 heterocycles. The molecule has 3 nitrogen and oxygen atoms in total. The summed E-state index contributed by atoms with van der Waals surface area (Å²) in [6.07, 6.45) is 0. The molecule has 12 heavy (non-hydrogen) atoms. The van der Waals surface area contributed by atoms with Crippen molar-refractivity contribution in [2.45, 2.75) is 33.3 Å². The van der Waals surface area contributed by atoms with Crippen LogP contribution >= 0.6 is 11.6 Å². The van der Waals surface area contributed by atoms with Crippen LogP contribution in [0.2, 0.25) is 0 Å². The third-order valence-electron chi connectivity index (χ3n) is 1.14. The highest BCUT2D eigenvalue weighted by Crippen LogP contribution is 2.05. The number of nitrogens with one attached hydrogen (secondary N) is 1. The minimum absolute atomic E-state index is 0.181. The third-order valence-corrected chi connectivity index (χ3v) is 1.60. The highest BCUT2D eigenvalue weighted by molar-refractivity contribution is 6.19. The fourth-order valence-electron chi connectivity index (χ4n) is 0.374. The Bertz CT molecular complexity index is 154. The van der Waals surface area contributed by atoms with Gasteiger partial charge in [-0.15, -0.1) is 11.6 Å². The van der Waals surface area contributed by atoms with Gasteiger partial charge in [0.2, 0.25) is 5.91 Å². The lowest BCUT2D eigenvalue weighted by Gasteiger charge is -2.20. The van der Waals surface area contributed by atoms with Gasteiger partial charge >= 0.3 is 0 Å². The fraction of sp³-hybridized carbons (Fsp3) is 0.875. The molecule has 0 aliphatic carbocycles. The lowest BCUT2D eigenvalue weighted by Crippen LogP contribution is -2.36. The number of carbonyl (C=O) groups is 1. The first-order valence-corrected chi connectivity index (χ1v) is 4.44. The van der Waals surface area contributed by atoms with Crippen LogP contribution < -0.4 is 5.48 Å². The zero-order chi connectivity index (χ0) is 9.78. The predicted molar refractivity (Wildman–Crippen MR) is 48.9 cm³/mol. The molecule has 0 aliphatic heterocycles. The Morgan fingerprint density at radius 2 is 2.08 bits per heavy atom. The maximum absolute atomic E-state index is 11.1. The number of hydrogen-bond donors (Lipinski definition) is 1. The quantitative estimate of drug-likeness (QED) is 0.548. The van der Waals surface area contributed by atoms with Crippen molar-refractivity contribution in [3.63, 3.8) is 0 Å². The highest BCUT2D eigenvalue weighted by Gasteiger charge is 2.16. The van der Waals surface area contributed by atoms with E-state index in [9.17, 15) is 4.79 Å². The number of hydrogen-bond acceptors (Lipinski definition) is 2. The van der Waals surface area contributed by atoms with Gasteiger partial charge < -0.3 is 0 Å². The van der Waals surface area contributed by atoms with Crippen LogP contribution in [0.1, 0.15) is 27.7 Å². The van der Waals surface area contributed by atoms with Gasteiger partial charge in [-0.1, -0.05) is 6.92 Å². The highest BCUT2D eigenvalue weighted by atomic mass is 35.5. The van der Waals surface area contributed by atoms with Gasteiger partial charge in [0.1, 0.15) is 0 Å². The fourth-order valence-corrected chi connectivity index (χ4v) is 0.514. The Hall–Kier alpha value is -0.280. The van der Waals surface area contributed by atoms with Gasteiger partial charge in [-0.2, -0.15) is 0 Å². The van der Waals surface area contributed by atoms with Crippen molar-refractivity contribution in [2.24, 2.45) is 5.92 Å². The van der Waals surface area contributed by atoms with Gasteiger partial charge in [0.05, 0.1) is 11.5 Å². The van der Waals surface area contributed by atoms with Crippen molar-refractivity contribution in [1.29, 1.82) is 0 Å². The molecule has 0 aromatic rings. The van der Waals surface area contributed by atoms with Gasteiger partial charge in [-0.05, 0) is 20.8 Å². The van der Waals surface area contributed by atoms with E-state index in [4.69, 9.17) is 16.4 Å². The molecule has 0 fully saturated rings. The Morgan fingerprint density at radius 3 is 2.42 bits per heavy atom. The van der Waals surface area contributed by atoms with Gasteiger partial charge in [-0.25, -0.2) is 5.48 Å². The molecule has 0 aromatic heterocycles. The molecule has 0 rings (SSSR count). The van der Waals surface area contributed by atoms with Crippen molar-refractivity contribution in [1.82, 2.24) is 5.48 Å². The second-order valence-corrected chi connectivity index (χ2v) is 4.04. The van der Waals surface area contributed by atoms with E-state index >= 15 is 0 Å². The average molecular weight is 194 g/mol. The molecule has 0 aromatic carbocycles. The summed E-state index contributed by atoms with van der Waals surface area (Å²) in [5.74, 6) is -0.0896. The molecule has 4 heteroatoms. The number of hydroxylamine groups is 1. The number of amides is 1. The largest absolute Gasteiger partial charge is 0.272 e. The van der Waals surface area contributed by atoms with Crippen molar-refractivity contribution in [3.05, 3.63) is 0 Å². The molecule has 0 radical (unpaired) electrons. The average Bonchev–Trinajstić information content (AvgIpc) is 1.97. The van der Waals surface area contributed by atoms with E-state index in [2.05, 4.69) is 5.48 Å². The van der Waals surface area contributed by atoms with Crippen molar-refractivity contribution in [2.75, 3.05) is 5.88 Å². The summed E-state index contributed by atoms with van der Waals surface area (Å²) in [6.45, 7) is 7.32. The topological polar surface area (TPSA) is 38.3 Å². The first kappa shape index (κ1) is 11.7. The maximum Gasteiger partial charge on any atom is 0.247 e. The van der Waals surface area contributed by atoms with E-state index in [0.717, 1.165) is 0 Å². The molecule has 0 bridgehead atoms. The number of rotatable bonds is 3. The Labute approximate surface area is 78.4 Å². The molecule has 1 unspecified atom stereocenters. The first-order valence-electron chi connectivity index (χ1n) is 3.90.